The highest BCUT2D eigenvalue weighted by atomic mass is 16.6. The van der Waals surface area contributed by atoms with Crippen LogP contribution in [0.15, 0.2) is 24.3 Å². The van der Waals surface area contributed by atoms with Gasteiger partial charge in [-0.3, -0.25) is 14.9 Å². The van der Waals surface area contributed by atoms with Crippen molar-refractivity contribution in [3.05, 3.63) is 39.9 Å². The van der Waals surface area contributed by atoms with E-state index in [9.17, 15) is 14.9 Å². The van der Waals surface area contributed by atoms with Gasteiger partial charge >= 0.3 is 0 Å². The molecule has 0 aliphatic rings. The summed E-state index contributed by atoms with van der Waals surface area (Å²) < 4.78 is 0. The SMILES string of the molecule is CC(C)(C)CCC(=O)Cc1ccc([N+](=O)[O-])cc1. The van der Waals surface area contributed by atoms with Crippen molar-refractivity contribution >= 4 is 11.5 Å². The first kappa shape index (κ1) is 14.4. The second kappa shape index (κ2) is 5.76. The normalized spacial score (nSPS) is 11.3. The Hall–Kier alpha value is -1.71. The second-order valence-electron chi connectivity index (χ2n) is 5.70. The molecule has 4 heteroatoms. The summed E-state index contributed by atoms with van der Waals surface area (Å²) in [7, 11) is 0. The molecule has 0 saturated carbocycles. The fraction of sp³-hybridized carbons (Fsp3) is 0.500. The predicted molar refractivity (Wildman–Crippen MR) is 70.5 cm³/mol. The van der Waals surface area contributed by atoms with Gasteiger partial charge in [0.05, 0.1) is 4.92 Å². The van der Waals surface area contributed by atoms with Crippen molar-refractivity contribution in [2.45, 2.75) is 40.0 Å². The van der Waals surface area contributed by atoms with Crippen LogP contribution in [0.2, 0.25) is 0 Å². The molecule has 0 saturated heterocycles. The Bertz CT molecular complexity index is 429. The van der Waals surface area contributed by atoms with Crippen LogP contribution in [0.5, 0.6) is 0 Å². The van der Waals surface area contributed by atoms with Crippen molar-refractivity contribution in [2.24, 2.45) is 5.41 Å². The first-order valence-electron chi connectivity index (χ1n) is 6.03. The third kappa shape index (κ3) is 5.08. The highest BCUT2D eigenvalue weighted by Gasteiger charge is 2.13. The Morgan fingerprint density at radius 2 is 1.78 bits per heavy atom. The number of ketones is 1. The summed E-state index contributed by atoms with van der Waals surface area (Å²) in [6, 6.07) is 6.17. The van der Waals surface area contributed by atoms with Gasteiger partial charge in [-0.25, -0.2) is 0 Å². The first-order chi connectivity index (χ1) is 8.28. The third-order valence-corrected chi connectivity index (χ3v) is 2.70. The minimum Gasteiger partial charge on any atom is -0.299 e. The van der Waals surface area contributed by atoms with Crippen molar-refractivity contribution < 1.29 is 9.72 Å². The molecule has 0 N–H and O–H groups in total. The third-order valence-electron chi connectivity index (χ3n) is 2.70. The molecule has 0 aromatic heterocycles. The quantitative estimate of drug-likeness (QED) is 0.592. The van der Waals surface area contributed by atoms with Crippen LogP contribution in [-0.2, 0) is 11.2 Å². The molecule has 18 heavy (non-hydrogen) atoms. The lowest BCUT2D eigenvalue weighted by Gasteiger charge is -2.16. The van der Waals surface area contributed by atoms with E-state index >= 15 is 0 Å². The fourth-order valence-corrected chi connectivity index (χ4v) is 1.57. The zero-order valence-electron chi connectivity index (χ0n) is 11.1. The van der Waals surface area contributed by atoms with Gasteiger partial charge in [0.1, 0.15) is 5.78 Å². The number of non-ortho nitro benzene ring substituents is 1. The number of Topliss-reactive ketones (excluding diaryl/α,β-unsaturated/α-hetero) is 1. The number of hydrogen-bond donors (Lipinski definition) is 0. The van der Waals surface area contributed by atoms with Gasteiger partial charge in [0.25, 0.3) is 5.69 Å². The molecule has 0 spiro atoms. The van der Waals surface area contributed by atoms with Crippen LogP contribution in [-0.4, -0.2) is 10.7 Å². The molecule has 0 aliphatic heterocycles. The van der Waals surface area contributed by atoms with Crippen LogP contribution < -0.4 is 0 Å². The van der Waals surface area contributed by atoms with E-state index in [0.29, 0.717) is 12.8 Å². The van der Waals surface area contributed by atoms with Gasteiger partial charge in [-0.05, 0) is 17.4 Å². The molecule has 1 rings (SSSR count). The first-order valence-corrected chi connectivity index (χ1v) is 6.03. The number of nitrogens with zero attached hydrogens (tertiary/aromatic N) is 1. The summed E-state index contributed by atoms with van der Waals surface area (Å²) in [4.78, 5) is 21.8. The molecule has 0 aliphatic carbocycles. The Morgan fingerprint density at radius 3 is 2.22 bits per heavy atom. The summed E-state index contributed by atoms with van der Waals surface area (Å²) in [5, 5.41) is 10.5. The molecule has 4 nitrogen and oxygen atoms in total. The molecule has 0 unspecified atom stereocenters. The van der Waals surface area contributed by atoms with E-state index in [1.54, 1.807) is 12.1 Å². The van der Waals surface area contributed by atoms with Gasteiger partial charge in [-0.2, -0.15) is 0 Å². The molecule has 1 aromatic carbocycles. The van der Waals surface area contributed by atoms with Crippen LogP contribution in [0.4, 0.5) is 5.69 Å². The minimum atomic E-state index is -0.439. The largest absolute Gasteiger partial charge is 0.299 e. The molecule has 0 bridgehead atoms. The number of carbonyl (C=O) groups is 1. The summed E-state index contributed by atoms with van der Waals surface area (Å²) in [6.45, 7) is 6.31. The summed E-state index contributed by atoms with van der Waals surface area (Å²) in [5.41, 5.74) is 1.05. The Morgan fingerprint density at radius 1 is 1.22 bits per heavy atom. The molecule has 0 amide bonds. The van der Waals surface area contributed by atoms with Crippen LogP contribution in [0.1, 0.15) is 39.2 Å². The van der Waals surface area contributed by atoms with E-state index in [4.69, 9.17) is 0 Å². The van der Waals surface area contributed by atoms with E-state index in [1.807, 2.05) is 0 Å². The molecule has 1 aromatic rings. The number of hydrogen-bond acceptors (Lipinski definition) is 3. The average molecular weight is 249 g/mol. The van der Waals surface area contributed by atoms with E-state index in [1.165, 1.54) is 12.1 Å². The van der Waals surface area contributed by atoms with Gasteiger partial charge in [0.2, 0.25) is 0 Å². The topological polar surface area (TPSA) is 60.2 Å². The van der Waals surface area contributed by atoms with E-state index in [2.05, 4.69) is 20.8 Å². The zero-order chi connectivity index (χ0) is 13.8. The van der Waals surface area contributed by atoms with Gasteiger partial charge in [0.15, 0.2) is 0 Å². The number of nitro groups is 1. The minimum absolute atomic E-state index is 0.0564. The van der Waals surface area contributed by atoms with Crippen molar-refractivity contribution in [3.63, 3.8) is 0 Å². The van der Waals surface area contributed by atoms with Gasteiger partial charge in [-0.1, -0.05) is 32.9 Å². The Balaban J connectivity index is 2.52. The highest BCUT2D eigenvalue weighted by molar-refractivity contribution is 5.80. The van der Waals surface area contributed by atoms with Crippen LogP contribution in [0, 0.1) is 15.5 Å². The van der Waals surface area contributed by atoms with Crippen molar-refractivity contribution in [1.29, 1.82) is 0 Å². The Kier molecular flexibility index (Phi) is 4.59. The monoisotopic (exact) mass is 249 g/mol. The summed E-state index contributed by atoms with van der Waals surface area (Å²) in [5.74, 6) is 0.179. The van der Waals surface area contributed by atoms with Gasteiger partial charge in [0, 0.05) is 25.0 Å². The lowest BCUT2D eigenvalue weighted by Crippen LogP contribution is -2.10. The van der Waals surface area contributed by atoms with Gasteiger partial charge in [-0.15, -0.1) is 0 Å². The maximum atomic E-state index is 11.7. The van der Waals surface area contributed by atoms with Crippen LogP contribution in [0.25, 0.3) is 0 Å². The molecule has 0 atom stereocenters. The Labute approximate surface area is 107 Å². The molecule has 0 fully saturated rings. The molecular weight excluding hydrogens is 230 g/mol. The number of carbonyl (C=O) groups excluding carboxylic acids is 1. The molecule has 98 valence electrons. The van der Waals surface area contributed by atoms with E-state index in [-0.39, 0.29) is 16.9 Å². The smallest absolute Gasteiger partial charge is 0.269 e. The zero-order valence-corrected chi connectivity index (χ0v) is 11.1. The van der Waals surface area contributed by atoms with Gasteiger partial charge < -0.3 is 0 Å². The van der Waals surface area contributed by atoms with Crippen LogP contribution in [0.3, 0.4) is 0 Å². The predicted octanol–water partition coefficient (Wildman–Crippen LogP) is 3.53. The molecular formula is C14H19NO3. The highest BCUT2D eigenvalue weighted by Crippen LogP contribution is 2.21. The average Bonchev–Trinajstić information content (AvgIpc) is 2.26. The van der Waals surface area contributed by atoms with Crippen molar-refractivity contribution in [1.82, 2.24) is 0 Å². The number of nitro benzene ring substituents is 1. The lowest BCUT2D eigenvalue weighted by molar-refractivity contribution is -0.384. The number of benzene rings is 1. The maximum absolute atomic E-state index is 11.7. The van der Waals surface area contributed by atoms with Crippen molar-refractivity contribution in [3.8, 4) is 0 Å². The second-order valence-corrected chi connectivity index (χ2v) is 5.70. The standard InChI is InChI=1S/C14H19NO3/c1-14(2,3)9-8-13(16)10-11-4-6-12(7-5-11)15(17)18/h4-7H,8-10H2,1-3H3. The fourth-order valence-electron chi connectivity index (χ4n) is 1.57. The molecule has 0 heterocycles. The van der Waals surface area contributed by atoms with E-state index in [0.717, 1.165) is 12.0 Å². The molecule has 0 radical (unpaired) electrons. The van der Waals surface area contributed by atoms with Crippen molar-refractivity contribution in [2.75, 3.05) is 0 Å². The van der Waals surface area contributed by atoms with Crippen LogP contribution >= 0.6 is 0 Å². The summed E-state index contributed by atoms with van der Waals surface area (Å²) in [6.07, 6.45) is 1.77. The maximum Gasteiger partial charge on any atom is 0.269 e. The van der Waals surface area contributed by atoms with E-state index < -0.39 is 4.92 Å². The summed E-state index contributed by atoms with van der Waals surface area (Å²) >= 11 is 0. The lowest BCUT2D eigenvalue weighted by atomic mass is 9.89. The number of rotatable bonds is 5.